The molecular formula is C25H31FN4O3S. The molecule has 0 saturated carbocycles. The molecule has 2 heterocycles. The zero-order valence-electron chi connectivity index (χ0n) is 19.5. The number of imidazole rings is 1. The molecule has 0 unspecified atom stereocenters. The highest BCUT2D eigenvalue weighted by Crippen LogP contribution is 2.26. The Morgan fingerprint density at radius 1 is 1.15 bits per heavy atom. The number of sulfonamides is 1. The predicted molar refractivity (Wildman–Crippen MR) is 129 cm³/mol. The van der Waals surface area contributed by atoms with Crippen LogP contribution in [0.4, 0.5) is 4.39 Å². The minimum Gasteiger partial charge on any atom is -0.352 e. The highest BCUT2D eigenvalue weighted by Gasteiger charge is 2.28. The Morgan fingerprint density at radius 3 is 2.65 bits per heavy atom. The second-order valence-electron chi connectivity index (χ2n) is 8.66. The Balaban J connectivity index is 1.51. The maximum atomic E-state index is 13.8. The fourth-order valence-corrected chi connectivity index (χ4v) is 5.84. The summed E-state index contributed by atoms with van der Waals surface area (Å²) in [5, 5.41) is 2.77. The first-order valence-corrected chi connectivity index (χ1v) is 13.3. The lowest BCUT2D eigenvalue weighted by Crippen LogP contribution is -2.27. The number of nitrogens with zero attached hydrogens (tertiary/aromatic N) is 3. The van der Waals surface area contributed by atoms with Crippen molar-refractivity contribution in [2.45, 2.75) is 63.4 Å². The molecule has 1 amide bonds. The van der Waals surface area contributed by atoms with Gasteiger partial charge in [0.1, 0.15) is 11.6 Å². The van der Waals surface area contributed by atoms with Gasteiger partial charge in [-0.2, -0.15) is 4.31 Å². The largest absolute Gasteiger partial charge is 0.352 e. The Kier molecular flexibility index (Phi) is 7.63. The van der Waals surface area contributed by atoms with Gasteiger partial charge in [0.05, 0.1) is 15.9 Å². The van der Waals surface area contributed by atoms with Gasteiger partial charge in [-0.25, -0.2) is 17.8 Å². The number of carbonyl (C=O) groups is 1. The highest BCUT2D eigenvalue weighted by atomic mass is 32.2. The van der Waals surface area contributed by atoms with E-state index in [1.54, 1.807) is 30.3 Å². The molecule has 1 aromatic heterocycles. The van der Waals surface area contributed by atoms with E-state index in [2.05, 4.69) is 16.8 Å². The third-order valence-electron chi connectivity index (χ3n) is 6.25. The zero-order chi connectivity index (χ0) is 24.1. The van der Waals surface area contributed by atoms with E-state index in [4.69, 9.17) is 4.98 Å². The van der Waals surface area contributed by atoms with Crippen molar-refractivity contribution in [2.24, 2.45) is 0 Å². The quantitative estimate of drug-likeness (QED) is 0.469. The van der Waals surface area contributed by atoms with Crippen molar-refractivity contribution >= 4 is 27.0 Å². The standard InChI is InChI=1S/C25H31FN4O3S/c1-2-3-16-30-23-11-10-20(34(32,33)29-14-6-7-15-29)17-22(23)28-24(30)12-13-25(31)27-18-19-8-4-5-9-21(19)26/h4-5,8-11,17H,2-3,6-7,12-16,18H2,1H3,(H,27,31). The Morgan fingerprint density at radius 2 is 1.91 bits per heavy atom. The first kappa shape index (κ1) is 24.3. The first-order chi connectivity index (χ1) is 16.4. The lowest BCUT2D eigenvalue weighted by Gasteiger charge is -2.15. The molecular weight excluding hydrogens is 455 g/mol. The summed E-state index contributed by atoms with van der Waals surface area (Å²) in [7, 11) is -3.52. The van der Waals surface area contributed by atoms with E-state index in [1.165, 1.54) is 10.4 Å². The minimum atomic E-state index is -3.52. The molecule has 1 fully saturated rings. The number of benzene rings is 2. The normalized spacial score (nSPS) is 14.6. The van der Waals surface area contributed by atoms with E-state index in [9.17, 15) is 17.6 Å². The first-order valence-electron chi connectivity index (χ1n) is 11.9. The van der Waals surface area contributed by atoms with E-state index < -0.39 is 10.0 Å². The molecule has 1 aliphatic rings. The van der Waals surface area contributed by atoms with E-state index in [0.717, 1.165) is 43.6 Å². The summed E-state index contributed by atoms with van der Waals surface area (Å²) in [6.45, 7) is 4.10. The van der Waals surface area contributed by atoms with Crippen molar-refractivity contribution in [3.05, 3.63) is 59.7 Å². The highest BCUT2D eigenvalue weighted by molar-refractivity contribution is 7.89. The van der Waals surface area contributed by atoms with Gasteiger partial charge in [0.2, 0.25) is 15.9 Å². The number of hydrogen-bond acceptors (Lipinski definition) is 4. The number of carbonyl (C=O) groups excluding carboxylic acids is 1. The minimum absolute atomic E-state index is 0.134. The lowest BCUT2D eigenvalue weighted by molar-refractivity contribution is -0.121. The predicted octanol–water partition coefficient (Wildman–Crippen LogP) is 4.01. The van der Waals surface area contributed by atoms with Crippen molar-refractivity contribution in [2.75, 3.05) is 13.1 Å². The van der Waals surface area contributed by atoms with Crippen molar-refractivity contribution in [3.63, 3.8) is 0 Å². The van der Waals surface area contributed by atoms with Gasteiger partial charge < -0.3 is 9.88 Å². The number of amides is 1. The third-order valence-corrected chi connectivity index (χ3v) is 8.14. The van der Waals surface area contributed by atoms with E-state index in [1.807, 2.05) is 6.07 Å². The smallest absolute Gasteiger partial charge is 0.243 e. The summed E-state index contributed by atoms with van der Waals surface area (Å²) in [5.41, 5.74) is 1.94. The van der Waals surface area contributed by atoms with Gasteiger partial charge in [-0.3, -0.25) is 4.79 Å². The van der Waals surface area contributed by atoms with Crippen LogP contribution in [-0.2, 0) is 34.3 Å². The van der Waals surface area contributed by atoms with Crippen molar-refractivity contribution in [1.29, 1.82) is 0 Å². The molecule has 2 aromatic carbocycles. The summed E-state index contributed by atoms with van der Waals surface area (Å²) >= 11 is 0. The molecule has 1 aliphatic heterocycles. The third kappa shape index (κ3) is 5.31. The zero-order valence-corrected chi connectivity index (χ0v) is 20.3. The molecule has 0 spiro atoms. The fraction of sp³-hybridized carbons (Fsp3) is 0.440. The van der Waals surface area contributed by atoms with E-state index in [-0.39, 0.29) is 29.6 Å². The van der Waals surface area contributed by atoms with Crippen LogP contribution >= 0.6 is 0 Å². The van der Waals surface area contributed by atoms with Gasteiger partial charge in [-0.15, -0.1) is 0 Å². The molecule has 7 nitrogen and oxygen atoms in total. The SMILES string of the molecule is CCCCn1c(CCC(=O)NCc2ccccc2F)nc2cc(S(=O)(=O)N3CCCC3)ccc21. The summed E-state index contributed by atoms with van der Waals surface area (Å²) in [6.07, 6.45) is 4.35. The van der Waals surface area contributed by atoms with Gasteiger partial charge in [0.15, 0.2) is 0 Å². The summed E-state index contributed by atoms with van der Waals surface area (Å²) in [4.78, 5) is 17.4. The molecule has 182 valence electrons. The maximum Gasteiger partial charge on any atom is 0.243 e. The molecule has 4 rings (SSSR count). The molecule has 0 atom stereocenters. The van der Waals surface area contributed by atoms with Crippen LogP contribution < -0.4 is 5.32 Å². The number of aryl methyl sites for hydroxylation is 2. The van der Waals surface area contributed by atoms with Gasteiger partial charge >= 0.3 is 0 Å². The summed E-state index contributed by atoms with van der Waals surface area (Å²) in [6, 6.07) is 11.5. The van der Waals surface area contributed by atoms with Crippen molar-refractivity contribution in [3.8, 4) is 0 Å². The van der Waals surface area contributed by atoms with Crippen molar-refractivity contribution < 1.29 is 17.6 Å². The molecule has 0 radical (unpaired) electrons. The van der Waals surface area contributed by atoms with Crippen LogP contribution in [0.3, 0.4) is 0 Å². The van der Waals surface area contributed by atoms with Gasteiger partial charge in [0.25, 0.3) is 0 Å². The average molecular weight is 487 g/mol. The Labute approximate surface area is 200 Å². The van der Waals surface area contributed by atoms with Crippen LogP contribution in [0.1, 0.15) is 50.4 Å². The topological polar surface area (TPSA) is 84.3 Å². The number of halogens is 1. The number of rotatable bonds is 10. The molecule has 34 heavy (non-hydrogen) atoms. The van der Waals surface area contributed by atoms with E-state index in [0.29, 0.717) is 30.6 Å². The Bertz CT molecular complexity index is 1270. The average Bonchev–Trinajstić information content (AvgIpc) is 3.49. The lowest BCUT2D eigenvalue weighted by atomic mass is 10.2. The van der Waals surface area contributed by atoms with E-state index >= 15 is 0 Å². The van der Waals surface area contributed by atoms with Crippen molar-refractivity contribution in [1.82, 2.24) is 19.2 Å². The molecule has 9 heteroatoms. The monoisotopic (exact) mass is 486 g/mol. The number of fused-ring (bicyclic) bond motifs is 1. The number of aromatic nitrogens is 2. The molecule has 0 bridgehead atoms. The van der Waals surface area contributed by atoms with Gasteiger partial charge in [0, 0.05) is 44.6 Å². The van der Waals surface area contributed by atoms with Crippen LogP contribution in [-0.4, -0.2) is 41.3 Å². The van der Waals surface area contributed by atoms with Crippen LogP contribution in [0.2, 0.25) is 0 Å². The maximum absolute atomic E-state index is 13.8. The fourth-order valence-electron chi connectivity index (χ4n) is 4.30. The van der Waals surface area contributed by atoms with Crippen LogP contribution in [0, 0.1) is 5.82 Å². The van der Waals surface area contributed by atoms with Gasteiger partial charge in [-0.1, -0.05) is 31.5 Å². The molecule has 1 saturated heterocycles. The summed E-state index contributed by atoms with van der Waals surface area (Å²) < 4.78 is 43.4. The number of nitrogens with one attached hydrogen (secondary N) is 1. The second-order valence-corrected chi connectivity index (χ2v) is 10.6. The number of unbranched alkanes of at least 4 members (excludes halogenated alkanes) is 1. The van der Waals surface area contributed by atoms with Gasteiger partial charge in [-0.05, 0) is 43.5 Å². The number of hydrogen-bond donors (Lipinski definition) is 1. The second kappa shape index (κ2) is 10.7. The summed E-state index contributed by atoms with van der Waals surface area (Å²) in [5.74, 6) is 0.221. The molecule has 0 aliphatic carbocycles. The van der Waals surface area contributed by atoms with Crippen LogP contribution in [0.25, 0.3) is 11.0 Å². The van der Waals surface area contributed by atoms with Crippen LogP contribution in [0.5, 0.6) is 0 Å². The molecule has 1 N–H and O–H groups in total. The Hall–Kier alpha value is -2.78. The molecule has 3 aromatic rings. The van der Waals surface area contributed by atoms with Crippen LogP contribution in [0.15, 0.2) is 47.4 Å².